The molecule has 0 aliphatic carbocycles. The second-order valence-corrected chi connectivity index (χ2v) is 5.16. The van der Waals surface area contributed by atoms with E-state index in [-0.39, 0.29) is 6.61 Å². The molecule has 1 aliphatic rings. The van der Waals surface area contributed by atoms with E-state index in [1.165, 1.54) is 0 Å². The normalized spacial score (nSPS) is 16.9. The summed E-state index contributed by atoms with van der Waals surface area (Å²) in [6.07, 6.45) is 0. The zero-order valence-electron chi connectivity index (χ0n) is 9.01. The lowest BCUT2D eigenvalue weighted by Crippen LogP contribution is -2.15. The van der Waals surface area contributed by atoms with E-state index in [1.807, 2.05) is 36.4 Å². The molecule has 86 valence electrons. The Bertz CT molecular complexity index is 607. The predicted octanol–water partition coefficient (Wildman–Crippen LogP) is 2.34. The van der Waals surface area contributed by atoms with Crippen LogP contribution in [0, 0.1) is 0 Å². The summed E-state index contributed by atoms with van der Waals surface area (Å²) in [5, 5.41) is 9.93. The lowest BCUT2D eigenvalue weighted by Gasteiger charge is -2.21. The molecule has 1 unspecified atom stereocenters. The van der Waals surface area contributed by atoms with Crippen LogP contribution in [0.2, 0.25) is 0 Å². The molecule has 2 aromatic carbocycles. The Morgan fingerprint density at radius 1 is 1.06 bits per heavy atom. The van der Waals surface area contributed by atoms with Crippen LogP contribution in [-0.4, -0.2) is 5.11 Å². The van der Waals surface area contributed by atoms with Gasteiger partial charge >= 0.3 is 0 Å². The average molecular weight is 246 g/mol. The van der Waals surface area contributed by atoms with Gasteiger partial charge < -0.3 is 9.63 Å². The summed E-state index contributed by atoms with van der Waals surface area (Å²) in [4.78, 5) is 0. The third-order valence-corrected chi connectivity index (χ3v) is 4.31. The molecule has 0 bridgehead atoms. The second kappa shape index (κ2) is 4.02. The molecule has 2 aromatic rings. The van der Waals surface area contributed by atoms with Crippen molar-refractivity contribution in [3.63, 3.8) is 0 Å². The Kier molecular flexibility index (Phi) is 2.50. The predicted molar refractivity (Wildman–Crippen MR) is 67.1 cm³/mol. The van der Waals surface area contributed by atoms with Gasteiger partial charge in [0.1, 0.15) is 5.75 Å². The summed E-state index contributed by atoms with van der Waals surface area (Å²) in [6, 6.07) is 13.1. The third kappa shape index (κ3) is 1.59. The van der Waals surface area contributed by atoms with Crippen molar-refractivity contribution in [3.8, 4) is 16.9 Å². The van der Waals surface area contributed by atoms with Crippen LogP contribution in [0.4, 0.5) is 0 Å². The van der Waals surface area contributed by atoms with Crippen molar-refractivity contribution < 1.29 is 14.2 Å². The fourth-order valence-corrected chi connectivity index (χ4v) is 3.47. The minimum atomic E-state index is -2.31. The fourth-order valence-electron chi connectivity index (χ4n) is 2.13. The maximum absolute atomic E-state index is 12.1. The van der Waals surface area contributed by atoms with Gasteiger partial charge in [0.25, 0.3) is 8.03 Å². The molecule has 1 heterocycles. The Balaban J connectivity index is 2.33. The molecule has 1 N–H and O–H groups in total. The van der Waals surface area contributed by atoms with Gasteiger partial charge in [0.15, 0.2) is 0 Å². The van der Waals surface area contributed by atoms with Gasteiger partial charge in [0.05, 0.1) is 11.9 Å². The molecule has 4 heteroatoms. The molecular weight excluding hydrogens is 235 g/mol. The number of fused-ring (bicyclic) bond motifs is 3. The summed E-state index contributed by atoms with van der Waals surface area (Å²) >= 11 is 0. The molecule has 3 nitrogen and oxygen atoms in total. The average Bonchev–Trinajstić information content (AvgIpc) is 2.38. The van der Waals surface area contributed by atoms with Gasteiger partial charge in [0, 0.05) is 5.56 Å². The van der Waals surface area contributed by atoms with Gasteiger partial charge in [-0.1, -0.05) is 36.4 Å². The molecule has 0 aromatic heterocycles. The SMILES string of the molecule is O=[PH]1Oc2ccccc2-c2cccc(CO)c21. The van der Waals surface area contributed by atoms with E-state index in [4.69, 9.17) is 4.52 Å². The van der Waals surface area contributed by atoms with Crippen molar-refractivity contribution >= 4 is 13.3 Å². The molecule has 0 saturated carbocycles. The van der Waals surface area contributed by atoms with Gasteiger partial charge in [-0.25, -0.2) is 0 Å². The molecule has 0 fully saturated rings. The van der Waals surface area contributed by atoms with Crippen LogP contribution < -0.4 is 9.83 Å². The standard InChI is InChI=1S/C13H11O3P/c14-8-9-4-3-6-11-10-5-1-2-7-12(10)16-17(15)13(9)11/h1-7,14,17H,8H2. The third-order valence-electron chi connectivity index (χ3n) is 2.91. The van der Waals surface area contributed by atoms with Crippen molar-refractivity contribution in [3.05, 3.63) is 48.0 Å². The zero-order chi connectivity index (χ0) is 11.8. The minimum absolute atomic E-state index is 0.120. The first-order valence-corrected chi connectivity index (χ1v) is 6.67. The van der Waals surface area contributed by atoms with E-state index in [2.05, 4.69) is 0 Å². The number of hydrogen-bond donors (Lipinski definition) is 1. The highest BCUT2D eigenvalue weighted by molar-refractivity contribution is 7.49. The maximum atomic E-state index is 12.1. The molecule has 0 radical (unpaired) electrons. The van der Waals surface area contributed by atoms with Gasteiger partial charge in [-0.05, 0) is 17.2 Å². The van der Waals surface area contributed by atoms with Crippen molar-refractivity contribution in [2.24, 2.45) is 0 Å². The van der Waals surface area contributed by atoms with E-state index in [1.54, 1.807) is 6.07 Å². The van der Waals surface area contributed by atoms with E-state index in [0.717, 1.165) is 11.1 Å². The number of hydrogen-bond acceptors (Lipinski definition) is 3. The van der Waals surface area contributed by atoms with Crippen LogP contribution >= 0.6 is 8.03 Å². The summed E-state index contributed by atoms with van der Waals surface area (Å²) in [5.74, 6) is 0.652. The topological polar surface area (TPSA) is 46.5 Å². The first kappa shape index (κ1) is 10.6. The van der Waals surface area contributed by atoms with Gasteiger partial charge in [-0.3, -0.25) is 4.57 Å². The quantitative estimate of drug-likeness (QED) is 0.785. The van der Waals surface area contributed by atoms with Crippen LogP contribution in [-0.2, 0) is 11.2 Å². The number of para-hydroxylation sites is 1. The first-order chi connectivity index (χ1) is 8.31. The van der Waals surface area contributed by atoms with Crippen LogP contribution in [0.15, 0.2) is 42.5 Å². The number of aliphatic hydroxyl groups is 1. The molecule has 0 amide bonds. The Morgan fingerprint density at radius 2 is 1.82 bits per heavy atom. The van der Waals surface area contributed by atoms with E-state index < -0.39 is 8.03 Å². The van der Waals surface area contributed by atoms with Crippen LogP contribution in [0.5, 0.6) is 5.75 Å². The lowest BCUT2D eigenvalue weighted by molar-refractivity contribution is 0.282. The van der Waals surface area contributed by atoms with Crippen LogP contribution in [0.1, 0.15) is 5.56 Å². The van der Waals surface area contributed by atoms with E-state index >= 15 is 0 Å². The molecule has 1 aliphatic heterocycles. The molecular formula is C13H11O3P. The summed E-state index contributed by atoms with van der Waals surface area (Å²) in [6.45, 7) is -0.120. The zero-order valence-corrected chi connectivity index (χ0v) is 10.0. The lowest BCUT2D eigenvalue weighted by atomic mass is 10.0. The number of aliphatic hydroxyl groups excluding tert-OH is 1. The highest BCUT2D eigenvalue weighted by Gasteiger charge is 2.24. The van der Waals surface area contributed by atoms with Gasteiger partial charge in [-0.15, -0.1) is 0 Å². The van der Waals surface area contributed by atoms with Crippen LogP contribution in [0.25, 0.3) is 11.1 Å². The van der Waals surface area contributed by atoms with Gasteiger partial charge in [-0.2, -0.15) is 0 Å². The molecule has 0 spiro atoms. The van der Waals surface area contributed by atoms with Gasteiger partial charge in [0.2, 0.25) is 0 Å². The Labute approximate surface area is 99.5 Å². The second-order valence-electron chi connectivity index (χ2n) is 3.88. The Morgan fingerprint density at radius 3 is 2.65 bits per heavy atom. The summed E-state index contributed by atoms with van der Waals surface area (Å²) < 4.78 is 17.5. The molecule has 1 atom stereocenters. The molecule has 17 heavy (non-hydrogen) atoms. The molecule has 0 saturated heterocycles. The van der Waals surface area contributed by atoms with E-state index in [9.17, 15) is 9.67 Å². The molecule has 3 rings (SSSR count). The van der Waals surface area contributed by atoms with Crippen molar-refractivity contribution in [2.45, 2.75) is 6.61 Å². The van der Waals surface area contributed by atoms with Crippen molar-refractivity contribution in [1.82, 2.24) is 0 Å². The Hall–Kier alpha value is -1.57. The number of benzene rings is 2. The number of rotatable bonds is 1. The summed E-state index contributed by atoms with van der Waals surface area (Å²) in [5.41, 5.74) is 2.52. The highest BCUT2D eigenvalue weighted by Crippen LogP contribution is 2.43. The minimum Gasteiger partial charge on any atom is -0.441 e. The van der Waals surface area contributed by atoms with E-state index in [0.29, 0.717) is 16.6 Å². The smallest absolute Gasteiger partial charge is 0.266 e. The van der Waals surface area contributed by atoms with Crippen molar-refractivity contribution in [2.75, 3.05) is 0 Å². The summed E-state index contributed by atoms with van der Waals surface area (Å²) in [7, 11) is -2.31. The maximum Gasteiger partial charge on any atom is 0.266 e. The monoisotopic (exact) mass is 246 g/mol. The first-order valence-electron chi connectivity index (χ1n) is 5.35. The van der Waals surface area contributed by atoms with Crippen LogP contribution in [0.3, 0.4) is 0 Å². The van der Waals surface area contributed by atoms with Crippen molar-refractivity contribution in [1.29, 1.82) is 0 Å². The fraction of sp³-hybridized carbons (Fsp3) is 0.0769. The largest absolute Gasteiger partial charge is 0.441 e. The highest BCUT2D eigenvalue weighted by atomic mass is 31.1.